The molecular weight excluding hydrogens is 188 g/mol. The van der Waals surface area contributed by atoms with Crippen molar-refractivity contribution in [2.75, 3.05) is 7.11 Å². The van der Waals surface area contributed by atoms with Gasteiger partial charge in [-0.1, -0.05) is 6.58 Å². The Labute approximate surface area is 81.7 Å². The lowest BCUT2D eigenvalue weighted by Gasteiger charge is -2.01. The van der Waals surface area contributed by atoms with Gasteiger partial charge in [-0.3, -0.25) is 9.59 Å². The number of ether oxygens (including phenoxy) is 2. The maximum absolute atomic E-state index is 10.9. The number of carbonyl (C=O) groups is 3. The Balaban J connectivity index is 3.82. The van der Waals surface area contributed by atoms with Gasteiger partial charge in [-0.2, -0.15) is 0 Å². The summed E-state index contributed by atoms with van der Waals surface area (Å²) in [5.41, 5.74) is 0.136. The Morgan fingerprint density at radius 2 is 1.64 bits per heavy atom. The van der Waals surface area contributed by atoms with Gasteiger partial charge in [0.2, 0.25) is 0 Å². The molecule has 0 amide bonds. The molecule has 0 saturated carbocycles. The van der Waals surface area contributed by atoms with Gasteiger partial charge in [-0.15, -0.1) is 0 Å². The molecule has 0 aliphatic heterocycles. The molecule has 0 unspecified atom stereocenters. The molecule has 0 aromatic heterocycles. The van der Waals surface area contributed by atoms with Crippen LogP contribution in [0.5, 0.6) is 0 Å². The second-order valence-electron chi connectivity index (χ2n) is 2.62. The fraction of sp³-hybridized carbons (Fsp3) is 0.444. The second-order valence-corrected chi connectivity index (χ2v) is 2.62. The van der Waals surface area contributed by atoms with Crippen molar-refractivity contribution in [1.82, 2.24) is 0 Å². The Morgan fingerprint density at radius 3 is 2.07 bits per heavy atom. The van der Waals surface area contributed by atoms with Crippen molar-refractivity contribution in [3.63, 3.8) is 0 Å². The molecule has 5 heteroatoms. The van der Waals surface area contributed by atoms with Crippen LogP contribution in [0.15, 0.2) is 12.2 Å². The number of esters is 3. The van der Waals surface area contributed by atoms with Crippen LogP contribution in [0.4, 0.5) is 0 Å². The molecule has 0 aromatic carbocycles. The molecule has 0 aliphatic carbocycles. The molecule has 14 heavy (non-hydrogen) atoms. The lowest BCUT2D eigenvalue weighted by molar-refractivity contribution is -0.158. The van der Waals surface area contributed by atoms with Gasteiger partial charge in [0.05, 0.1) is 20.0 Å². The number of carbonyl (C=O) groups excluding carboxylic acids is 3. The molecule has 0 aromatic rings. The molecule has 0 aliphatic rings. The minimum atomic E-state index is -0.778. The third-order valence-electron chi connectivity index (χ3n) is 1.32. The summed E-state index contributed by atoms with van der Waals surface area (Å²) >= 11 is 0. The predicted molar refractivity (Wildman–Crippen MR) is 47.2 cm³/mol. The fourth-order valence-electron chi connectivity index (χ4n) is 0.548. The first-order valence-corrected chi connectivity index (χ1v) is 3.94. The number of rotatable bonds is 4. The van der Waals surface area contributed by atoms with Crippen molar-refractivity contribution < 1.29 is 23.9 Å². The van der Waals surface area contributed by atoms with Crippen LogP contribution < -0.4 is 0 Å². The highest BCUT2D eigenvalue weighted by Gasteiger charge is 2.12. The van der Waals surface area contributed by atoms with Gasteiger partial charge in [-0.05, 0) is 6.92 Å². The van der Waals surface area contributed by atoms with Gasteiger partial charge in [0.25, 0.3) is 0 Å². The van der Waals surface area contributed by atoms with E-state index >= 15 is 0 Å². The Hall–Kier alpha value is -1.65. The largest absolute Gasteiger partial charge is 0.469 e. The minimum Gasteiger partial charge on any atom is -0.469 e. The van der Waals surface area contributed by atoms with Crippen LogP contribution in [0.25, 0.3) is 0 Å². The molecule has 0 rings (SSSR count). The first-order chi connectivity index (χ1) is 6.47. The average molecular weight is 200 g/mol. The zero-order valence-electron chi connectivity index (χ0n) is 8.16. The van der Waals surface area contributed by atoms with E-state index in [2.05, 4.69) is 16.1 Å². The van der Waals surface area contributed by atoms with Crippen molar-refractivity contribution >= 4 is 17.9 Å². The summed E-state index contributed by atoms with van der Waals surface area (Å²) in [7, 11) is 1.21. The summed E-state index contributed by atoms with van der Waals surface area (Å²) in [5, 5.41) is 0. The zero-order valence-corrected chi connectivity index (χ0v) is 8.16. The Bertz CT molecular complexity index is 266. The van der Waals surface area contributed by atoms with Crippen LogP contribution in [0.1, 0.15) is 19.8 Å². The number of hydrogen-bond donors (Lipinski definition) is 0. The van der Waals surface area contributed by atoms with Crippen LogP contribution >= 0.6 is 0 Å². The monoisotopic (exact) mass is 200 g/mol. The lowest BCUT2D eigenvalue weighted by atomic mass is 10.3. The molecule has 0 heterocycles. The van der Waals surface area contributed by atoms with Crippen molar-refractivity contribution in [2.45, 2.75) is 19.8 Å². The van der Waals surface area contributed by atoms with Crippen LogP contribution in [0.3, 0.4) is 0 Å². The summed E-state index contributed by atoms with van der Waals surface area (Å²) in [5.74, 6) is -2.06. The zero-order chi connectivity index (χ0) is 11.1. The first-order valence-electron chi connectivity index (χ1n) is 3.94. The smallest absolute Gasteiger partial charge is 0.340 e. The molecule has 0 radical (unpaired) electrons. The molecule has 0 atom stereocenters. The SMILES string of the molecule is C=C(C)C(=O)OC(=O)CCC(=O)OC. The third-order valence-corrected chi connectivity index (χ3v) is 1.32. The highest BCUT2D eigenvalue weighted by molar-refractivity contribution is 5.95. The van der Waals surface area contributed by atoms with Crippen LogP contribution in [-0.4, -0.2) is 25.0 Å². The molecule has 0 fully saturated rings. The van der Waals surface area contributed by atoms with Gasteiger partial charge in [-0.25, -0.2) is 4.79 Å². The Morgan fingerprint density at radius 1 is 1.14 bits per heavy atom. The number of hydrogen-bond acceptors (Lipinski definition) is 5. The summed E-state index contributed by atoms with van der Waals surface area (Å²) in [6, 6.07) is 0. The molecule has 0 spiro atoms. The summed E-state index contributed by atoms with van der Waals surface area (Å²) in [4.78, 5) is 32.3. The van der Waals surface area contributed by atoms with E-state index in [-0.39, 0.29) is 18.4 Å². The van der Waals surface area contributed by atoms with E-state index in [1.807, 2.05) is 0 Å². The minimum absolute atomic E-state index is 0.0984. The molecule has 78 valence electrons. The van der Waals surface area contributed by atoms with E-state index in [4.69, 9.17) is 0 Å². The summed E-state index contributed by atoms with van der Waals surface area (Å²) < 4.78 is 8.63. The quantitative estimate of drug-likeness (QED) is 0.377. The fourth-order valence-corrected chi connectivity index (χ4v) is 0.548. The van der Waals surface area contributed by atoms with Crippen molar-refractivity contribution in [2.24, 2.45) is 0 Å². The second kappa shape index (κ2) is 5.90. The van der Waals surface area contributed by atoms with Crippen molar-refractivity contribution in [3.05, 3.63) is 12.2 Å². The van der Waals surface area contributed by atoms with Gasteiger partial charge in [0, 0.05) is 5.57 Å². The standard InChI is InChI=1S/C9H12O5/c1-6(2)9(12)14-8(11)5-4-7(10)13-3/h1,4-5H2,2-3H3. The van der Waals surface area contributed by atoms with Crippen LogP contribution in [0.2, 0.25) is 0 Å². The lowest BCUT2D eigenvalue weighted by Crippen LogP contribution is -2.14. The van der Waals surface area contributed by atoms with E-state index in [1.165, 1.54) is 14.0 Å². The van der Waals surface area contributed by atoms with E-state index in [0.717, 1.165) is 0 Å². The van der Waals surface area contributed by atoms with Crippen LogP contribution in [0, 0.1) is 0 Å². The normalized spacial score (nSPS) is 9.00. The predicted octanol–water partition coefficient (Wildman–Crippen LogP) is 0.585. The molecule has 0 saturated heterocycles. The summed E-state index contributed by atoms with van der Waals surface area (Å²) in [6.45, 7) is 4.73. The third kappa shape index (κ3) is 5.08. The van der Waals surface area contributed by atoms with Crippen molar-refractivity contribution in [1.29, 1.82) is 0 Å². The molecular formula is C9H12O5. The van der Waals surface area contributed by atoms with Gasteiger partial charge < -0.3 is 9.47 Å². The highest BCUT2D eigenvalue weighted by atomic mass is 16.6. The average Bonchev–Trinajstić information content (AvgIpc) is 2.13. The van der Waals surface area contributed by atoms with E-state index in [9.17, 15) is 14.4 Å². The van der Waals surface area contributed by atoms with E-state index in [0.29, 0.717) is 0 Å². The summed E-state index contributed by atoms with van der Waals surface area (Å²) in [6.07, 6.45) is -0.273. The van der Waals surface area contributed by atoms with Gasteiger partial charge >= 0.3 is 17.9 Å². The van der Waals surface area contributed by atoms with E-state index < -0.39 is 17.9 Å². The number of methoxy groups -OCH3 is 1. The molecule has 5 nitrogen and oxygen atoms in total. The maximum Gasteiger partial charge on any atom is 0.340 e. The topological polar surface area (TPSA) is 69.7 Å². The molecule has 0 N–H and O–H groups in total. The van der Waals surface area contributed by atoms with Crippen molar-refractivity contribution in [3.8, 4) is 0 Å². The Kier molecular flexibility index (Phi) is 5.21. The van der Waals surface area contributed by atoms with Gasteiger partial charge in [0.15, 0.2) is 0 Å². The van der Waals surface area contributed by atoms with Crippen LogP contribution in [-0.2, 0) is 23.9 Å². The van der Waals surface area contributed by atoms with E-state index in [1.54, 1.807) is 0 Å². The van der Waals surface area contributed by atoms with Gasteiger partial charge in [0.1, 0.15) is 0 Å². The first kappa shape index (κ1) is 12.3. The molecule has 0 bridgehead atoms. The maximum atomic E-state index is 10.9. The highest BCUT2D eigenvalue weighted by Crippen LogP contribution is 1.98.